The second kappa shape index (κ2) is 5.54. The van der Waals surface area contributed by atoms with Crippen LogP contribution < -0.4 is 0 Å². The first-order valence-electron chi connectivity index (χ1n) is 6.08. The van der Waals surface area contributed by atoms with Crippen molar-refractivity contribution in [3.8, 4) is 0 Å². The van der Waals surface area contributed by atoms with Crippen molar-refractivity contribution < 1.29 is 9.53 Å². The van der Waals surface area contributed by atoms with Gasteiger partial charge in [-0.15, -0.1) is 0 Å². The van der Waals surface area contributed by atoms with Gasteiger partial charge in [0.25, 0.3) is 0 Å². The molecule has 0 saturated carbocycles. The van der Waals surface area contributed by atoms with Crippen LogP contribution in [0.1, 0.15) is 26.5 Å². The Labute approximate surface area is 127 Å². The van der Waals surface area contributed by atoms with Gasteiger partial charge in [0.15, 0.2) is 0 Å². The van der Waals surface area contributed by atoms with Crippen molar-refractivity contribution in [1.29, 1.82) is 0 Å². The SMILES string of the molecule is CC(C)(C)OC(=O)Cc1nc(Cl)nc2cc(Cl)ccc12. The van der Waals surface area contributed by atoms with E-state index in [1.807, 2.05) is 20.8 Å². The highest BCUT2D eigenvalue weighted by molar-refractivity contribution is 6.31. The Balaban J connectivity index is 2.37. The zero-order valence-corrected chi connectivity index (χ0v) is 12.9. The summed E-state index contributed by atoms with van der Waals surface area (Å²) in [5.74, 6) is -0.358. The Bertz CT molecular complexity index is 661. The fraction of sp³-hybridized carbons (Fsp3) is 0.357. The molecule has 1 heterocycles. The Kier molecular flexibility index (Phi) is 4.16. The van der Waals surface area contributed by atoms with Gasteiger partial charge in [0.05, 0.1) is 17.6 Å². The Hall–Kier alpha value is -1.39. The molecular formula is C14H14Cl2N2O2. The first-order chi connectivity index (χ1) is 9.24. The number of nitrogens with zero attached hydrogens (tertiary/aromatic N) is 2. The molecule has 20 heavy (non-hydrogen) atoms. The first-order valence-corrected chi connectivity index (χ1v) is 6.84. The minimum absolute atomic E-state index is 0.0393. The lowest BCUT2D eigenvalue weighted by Gasteiger charge is -2.19. The van der Waals surface area contributed by atoms with Crippen molar-refractivity contribution in [2.24, 2.45) is 0 Å². The maximum Gasteiger partial charge on any atom is 0.312 e. The van der Waals surface area contributed by atoms with Gasteiger partial charge in [-0.05, 0) is 50.6 Å². The number of esters is 1. The van der Waals surface area contributed by atoms with Gasteiger partial charge in [0, 0.05) is 10.4 Å². The van der Waals surface area contributed by atoms with Crippen LogP contribution in [-0.2, 0) is 16.0 Å². The molecule has 0 aliphatic rings. The van der Waals surface area contributed by atoms with Crippen LogP contribution in [0.4, 0.5) is 0 Å². The summed E-state index contributed by atoms with van der Waals surface area (Å²) in [5.41, 5.74) is 0.606. The van der Waals surface area contributed by atoms with Gasteiger partial charge in [-0.3, -0.25) is 4.79 Å². The molecule has 0 radical (unpaired) electrons. The average Bonchev–Trinajstić information content (AvgIpc) is 2.24. The minimum Gasteiger partial charge on any atom is -0.460 e. The van der Waals surface area contributed by atoms with E-state index in [0.717, 1.165) is 5.39 Å². The highest BCUT2D eigenvalue weighted by Crippen LogP contribution is 2.22. The highest BCUT2D eigenvalue weighted by Gasteiger charge is 2.18. The molecule has 0 N–H and O–H groups in total. The minimum atomic E-state index is -0.535. The molecule has 0 aliphatic carbocycles. The van der Waals surface area contributed by atoms with Gasteiger partial charge in [0.1, 0.15) is 5.60 Å². The number of fused-ring (bicyclic) bond motifs is 1. The van der Waals surface area contributed by atoms with Crippen LogP contribution in [0.25, 0.3) is 10.9 Å². The van der Waals surface area contributed by atoms with E-state index in [1.165, 1.54) is 0 Å². The molecule has 4 nitrogen and oxygen atoms in total. The number of halogens is 2. The number of benzene rings is 1. The fourth-order valence-corrected chi connectivity index (χ4v) is 2.15. The summed E-state index contributed by atoms with van der Waals surface area (Å²) in [6.45, 7) is 5.45. The Morgan fingerprint density at radius 2 is 1.95 bits per heavy atom. The number of carbonyl (C=O) groups is 1. The van der Waals surface area contributed by atoms with E-state index < -0.39 is 5.60 Å². The summed E-state index contributed by atoms with van der Waals surface area (Å²) in [6, 6.07) is 5.18. The molecule has 0 atom stereocenters. The van der Waals surface area contributed by atoms with Crippen molar-refractivity contribution in [2.75, 3.05) is 0 Å². The van der Waals surface area contributed by atoms with Crippen LogP contribution in [0.5, 0.6) is 0 Å². The van der Waals surface area contributed by atoms with E-state index >= 15 is 0 Å². The molecule has 0 fully saturated rings. The molecule has 1 aromatic carbocycles. The molecule has 6 heteroatoms. The summed E-state index contributed by atoms with van der Waals surface area (Å²) in [7, 11) is 0. The number of hydrogen-bond donors (Lipinski definition) is 0. The lowest BCUT2D eigenvalue weighted by molar-refractivity contribution is -0.153. The molecule has 106 valence electrons. The first kappa shape index (κ1) is 15.0. The topological polar surface area (TPSA) is 52.1 Å². The van der Waals surface area contributed by atoms with E-state index in [0.29, 0.717) is 16.2 Å². The van der Waals surface area contributed by atoms with Gasteiger partial charge in [-0.25, -0.2) is 9.97 Å². The van der Waals surface area contributed by atoms with Gasteiger partial charge < -0.3 is 4.74 Å². The lowest BCUT2D eigenvalue weighted by atomic mass is 10.1. The molecule has 1 aromatic heterocycles. The summed E-state index contributed by atoms with van der Waals surface area (Å²) in [6.07, 6.45) is 0.0393. The number of ether oxygens (including phenoxy) is 1. The van der Waals surface area contributed by atoms with Crippen molar-refractivity contribution >= 4 is 40.1 Å². The molecule has 0 amide bonds. The van der Waals surface area contributed by atoms with E-state index in [1.54, 1.807) is 18.2 Å². The molecule has 0 saturated heterocycles. The molecule has 2 rings (SSSR count). The maximum atomic E-state index is 11.9. The molecule has 0 aliphatic heterocycles. The Morgan fingerprint density at radius 1 is 1.25 bits per heavy atom. The van der Waals surface area contributed by atoms with E-state index in [4.69, 9.17) is 27.9 Å². The zero-order chi connectivity index (χ0) is 14.9. The third-order valence-corrected chi connectivity index (χ3v) is 2.85. The van der Waals surface area contributed by atoms with Crippen molar-refractivity contribution in [3.05, 3.63) is 34.2 Å². The second-order valence-electron chi connectivity index (χ2n) is 5.36. The predicted molar refractivity (Wildman–Crippen MR) is 79.1 cm³/mol. The van der Waals surface area contributed by atoms with Crippen molar-refractivity contribution in [2.45, 2.75) is 32.8 Å². The predicted octanol–water partition coefficient (Wildman–Crippen LogP) is 3.82. The molecular weight excluding hydrogens is 299 g/mol. The van der Waals surface area contributed by atoms with Gasteiger partial charge in [-0.2, -0.15) is 0 Å². The van der Waals surface area contributed by atoms with Crippen LogP contribution in [0.3, 0.4) is 0 Å². The molecule has 0 unspecified atom stereocenters. The van der Waals surface area contributed by atoms with Gasteiger partial charge >= 0.3 is 5.97 Å². The number of hydrogen-bond acceptors (Lipinski definition) is 4. The third kappa shape index (κ3) is 3.81. The van der Waals surface area contributed by atoms with Crippen molar-refractivity contribution in [1.82, 2.24) is 9.97 Å². The molecule has 0 bridgehead atoms. The van der Waals surface area contributed by atoms with E-state index in [2.05, 4.69) is 9.97 Å². The summed E-state index contributed by atoms with van der Waals surface area (Å²) < 4.78 is 5.29. The standard InChI is InChI=1S/C14H14Cl2N2O2/c1-14(2,3)20-12(19)7-11-9-5-4-8(15)6-10(9)17-13(16)18-11/h4-6H,7H2,1-3H3. The zero-order valence-electron chi connectivity index (χ0n) is 11.4. The van der Waals surface area contributed by atoms with Crippen LogP contribution >= 0.6 is 23.2 Å². The second-order valence-corrected chi connectivity index (χ2v) is 6.14. The van der Waals surface area contributed by atoms with Crippen LogP contribution in [-0.4, -0.2) is 21.5 Å². The van der Waals surface area contributed by atoms with Gasteiger partial charge in [-0.1, -0.05) is 11.6 Å². The largest absolute Gasteiger partial charge is 0.460 e. The lowest BCUT2D eigenvalue weighted by Crippen LogP contribution is -2.25. The Morgan fingerprint density at radius 3 is 2.60 bits per heavy atom. The highest BCUT2D eigenvalue weighted by atomic mass is 35.5. The third-order valence-electron chi connectivity index (χ3n) is 2.44. The fourth-order valence-electron chi connectivity index (χ4n) is 1.79. The summed E-state index contributed by atoms with van der Waals surface area (Å²) in [4.78, 5) is 20.1. The maximum absolute atomic E-state index is 11.9. The van der Waals surface area contributed by atoms with E-state index in [9.17, 15) is 4.79 Å². The van der Waals surface area contributed by atoms with Gasteiger partial charge in [0.2, 0.25) is 5.28 Å². The monoisotopic (exact) mass is 312 g/mol. The smallest absolute Gasteiger partial charge is 0.312 e. The number of aromatic nitrogens is 2. The molecule has 2 aromatic rings. The normalized spacial score (nSPS) is 11.7. The number of rotatable bonds is 2. The molecule has 0 spiro atoms. The van der Waals surface area contributed by atoms with Crippen LogP contribution in [0.15, 0.2) is 18.2 Å². The summed E-state index contributed by atoms with van der Waals surface area (Å²) in [5, 5.41) is 1.37. The number of carbonyl (C=O) groups excluding carboxylic acids is 1. The summed E-state index contributed by atoms with van der Waals surface area (Å²) >= 11 is 11.8. The van der Waals surface area contributed by atoms with Crippen LogP contribution in [0, 0.1) is 0 Å². The average molecular weight is 313 g/mol. The quantitative estimate of drug-likeness (QED) is 0.625. The van der Waals surface area contributed by atoms with Crippen molar-refractivity contribution in [3.63, 3.8) is 0 Å². The van der Waals surface area contributed by atoms with E-state index in [-0.39, 0.29) is 17.7 Å². The van der Waals surface area contributed by atoms with Crippen LogP contribution in [0.2, 0.25) is 10.3 Å².